The Hall–Kier alpha value is -1.60. The molecule has 0 unspecified atom stereocenters. The molecule has 3 nitrogen and oxygen atoms in total. The Balaban J connectivity index is 2.09. The van der Waals surface area contributed by atoms with E-state index in [0.29, 0.717) is 28.0 Å². The molecule has 0 aliphatic rings. The summed E-state index contributed by atoms with van der Waals surface area (Å²) in [5.74, 6) is 0.541. The normalized spacial score (nSPS) is 11.9. The van der Waals surface area contributed by atoms with Crippen molar-refractivity contribution in [1.29, 1.82) is 0 Å². The number of aryl methyl sites for hydroxylation is 1. The van der Waals surface area contributed by atoms with Gasteiger partial charge in [-0.25, -0.2) is 0 Å². The van der Waals surface area contributed by atoms with Crippen LogP contribution in [0.2, 0.25) is 0 Å². The molecule has 0 aliphatic heterocycles. The Bertz CT molecular complexity index is 799. The van der Waals surface area contributed by atoms with Gasteiger partial charge in [0.1, 0.15) is 5.75 Å². The van der Waals surface area contributed by atoms with Crippen molar-refractivity contribution in [2.24, 2.45) is 0 Å². The molecule has 27 heavy (non-hydrogen) atoms. The summed E-state index contributed by atoms with van der Waals surface area (Å²) in [4.78, 5) is 12.1. The van der Waals surface area contributed by atoms with Crippen molar-refractivity contribution in [2.75, 3.05) is 19.8 Å². The van der Waals surface area contributed by atoms with E-state index in [4.69, 9.17) is 9.47 Å². The van der Waals surface area contributed by atoms with Crippen LogP contribution in [0.4, 0.5) is 13.2 Å². The van der Waals surface area contributed by atoms with Crippen LogP contribution < -0.4 is 9.48 Å². The molecule has 1 heterocycles. The lowest BCUT2D eigenvalue weighted by Gasteiger charge is -2.14. The van der Waals surface area contributed by atoms with E-state index in [2.05, 4.69) is 0 Å². The quantitative estimate of drug-likeness (QED) is 0.482. The van der Waals surface area contributed by atoms with E-state index in [1.807, 2.05) is 6.92 Å². The summed E-state index contributed by atoms with van der Waals surface area (Å²) in [6.45, 7) is 5.52. The third-order valence-electron chi connectivity index (χ3n) is 4.29. The highest BCUT2D eigenvalue weighted by Crippen LogP contribution is 2.33. The molecule has 0 amide bonds. The van der Waals surface area contributed by atoms with E-state index in [1.165, 1.54) is 0 Å². The number of hydrogen-bond donors (Lipinski definition) is 0. The molecule has 2 aromatic rings. The molecule has 0 aliphatic carbocycles. The maximum atomic E-state index is 12.8. The first kappa shape index (κ1) is 21.7. The molecule has 1 aromatic heterocycles. The first-order valence-corrected chi connectivity index (χ1v) is 9.97. The van der Waals surface area contributed by atoms with E-state index in [9.17, 15) is 18.0 Å². The van der Waals surface area contributed by atoms with E-state index >= 15 is 0 Å². The van der Waals surface area contributed by atoms with Crippen molar-refractivity contribution in [3.63, 3.8) is 0 Å². The van der Waals surface area contributed by atoms with Crippen molar-refractivity contribution in [1.82, 2.24) is 0 Å². The highest BCUT2D eigenvalue weighted by molar-refractivity contribution is 7.16. The van der Waals surface area contributed by atoms with Gasteiger partial charge in [0.25, 0.3) is 0 Å². The zero-order valence-electron chi connectivity index (χ0n) is 15.7. The molecule has 0 fully saturated rings. The largest absolute Gasteiger partial charge is 0.493 e. The van der Waals surface area contributed by atoms with Crippen molar-refractivity contribution < 1.29 is 22.6 Å². The van der Waals surface area contributed by atoms with E-state index in [0.717, 1.165) is 50.2 Å². The molecule has 0 bridgehead atoms. The van der Waals surface area contributed by atoms with E-state index in [-0.39, 0.29) is 5.56 Å². The van der Waals surface area contributed by atoms with Gasteiger partial charge in [0.15, 0.2) is 0 Å². The Morgan fingerprint density at radius 1 is 1.07 bits per heavy atom. The van der Waals surface area contributed by atoms with Gasteiger partial charge >= 0.3 is 6.18 Å². The van der Waals surface area contributed by atoms with Gasteiger partial charge in [-0.15, -0.1) is 0 Å². The minimum Gasteiger partial charge on any atom is -0.493 e. The van der Waals surface area contributed by atoms with Gasteiger partial charge in [0, 0.05) is 28.9 Å². The maximum absolute atomic E-state index is 12.8. The standard InChI is InChI=1S/C20H25F3O3S/c1-3-25-11-6-4-5-7-12-26-16-9-8-10-17-18(16)14(2)15(19(24)27-17)13-20(21,22)23/h8-10H,3-7,11-13H2,1-2H3. The van der Waals surface area contributed by atoms with Crippen LogP contribution in [-0.4, -0.2) is 26.0 Å². The minimum atomic E-state index is -4.42. The van der Waals surface area contributed by atoms with Gasteiger partial charge in [-0.05, 0) is 50.8 Å². The molecule has 0 radical (unpaired) electrons. The Morgan fingerprint density at radius 2 is 1.78 bits per heavy atom. The number of halogens is 3. The van der Waals surface area contributed by atoms with Gasteiger partial charge in [0.05, 0.1) is 13.0 Å². The second-order valence-electron chi connectivity index (χ2n) is 6.37. The molecule has 150 valence electrons. The molecule has 0 spiro atoms. The summed E-state index contributed by atoms with van der Waals surface area (Å²) in [7, 11) is 0. The molecule has 7 heteroatoms. The maximum Gasteiger partial charge on any atom is 0.393 e. The highest BCUT2D eigenvalue weighted by atomic mass is 32.1. The Morgan fingerprint density at radius 3 is 2.44 bits per heavy atom. The molecule has 0 saturated carbocycles. The Kier molecular flexibility index (Phi) is 8.10. The first-order chi connectivity index (χ1) is 12.8. The van der Waals surface area contributed by atoms with Crippen molar-refractivity contribution in [3.8, 4) is 5.75 Å². The van der Waals surface area contributed by atoms with Crippen LogP contribution in [0.3, 0.4) is 0 Å². The molecular formula is C20H25F3O3S. The van der Waals surface area contributed by atoms with Crippen molar-refractivity contribution in [2.45, 2.75) is 52.1 Å². The average molecular weight is 402 g/mol. The monoisotopic (exact) mass is 402 g/mol. The molecular weight excluding hydrogens is 377 g/mol. The summed E-state index contributed by atoms with van der Waals surface area (Å²) in [6.07, 6.45) is -1.70. The summed E-state index contributed by atoms with van der Waals surface area (Å²) >= 11 is 0.843. The number of fused-ring (bicyclic) bond motifs is 1. The van der Waals surface area contributed by atoms with Crippen LogP contribution in [0.5, 0.6) is 5.75 Å². The zero-order chi connectivity index (χ0) is 19.9. The minimum absolute atomic E-state index is 0.188. The second-order valence-corrected chi connectivity index (χ2v) is 7.39. The number of hydrogen-bond acceptors (Lipinski definition) is 4. The number of alkyl halides is 3. The lowest BCUT2D eigenvalue weighted by molar-refractivity contribution is -0.127. The van der Waals surface area contributed by atoms with Crippen LogP contribution in [-0.2, 0) is 11.2 Å². The van der Waals surface area contributed by atoms with Gasteiger partial charge in [-0.2, -0.15) is 13.2 Å². The third kappa shape index (κ3) is 6.50. The lowest BCUT2D eigenvalue weighted by Crippen LogP contribution is -2.19. The summed E-state index contributed by atoms with van der Waals surface area (Å²) in [5, 5.41) is 0.609. The van der Waals surface area contributed by atoms with Gasteiger partial charge < -0.3 is 9.47 Å². The van der Waals surface area contributed by atoms with E-state index in [1.54, 1.807) is 25.1 Å². The lowest BCUT2D eigenvalue weighted by atomic mass is 10.0. The fourth-order valence-electron chi connectivity index (χ4n) is 2.94. The zero-order valence-corrected chi connectivity index (χ0v) is 16.5. The molecule has 0 saturated heterocycles. The predicted octanol–water partition coefficient (Wildman–Crippen LogP) is 5.65. The summed E-state index contributed by atoms with van der Waals surface area (Å²) < 4.78 is 49.7. The summed E-state index contributed by atoms with van der Waals surface area (Å²) in [6, 6.07) is 5.25. The number of benzene rings is 1. The first-order valence-electron chi connectivity index (χ1n) is 9.16. The van der Waals surface area contributed by atoms with Gasteiger partial charge in [-0.3, -0.25) is 4.79 Å². The van der Waals surface area contributed by atoms with Crippen LogP contribution >= 0.6 is 11.3 Å². The third-order valence-corrected chi connectivity index (χ3v) is 5.28. The molecule has 0 atom stereocenters. The number of rotatable bonds is 10. The van der Waals surface area contributed by atoms with E-state index < -0.39 is 17.3 Å². The number of ether oxygens (including phenoxy) is 2. The molecule has 2 rings (SSSR count). The average Bonchev–Trinajstić information content (AvgIpc) is 2.60. The SMILES string of the molecule is CCOCCCCCCOc1cccc2sc(=O)c(CC(F)(F)F)c(C)c12. The predicted molar refractivity (Wildman–Crippen MR) is 103 cm³/mol. The van der Waals surface area contributed by atoms with Crippen LogP contribution in [0.25, 0.3) is 10.1 Å². The smallest absolute Gasteiger partial charge is 0.393 e. The van der Waals surface area contributed by atoms with Gasteiger partial charge in [0.2, 0.25) is 4.74 Å². The van der Waals surface area contributed by atoms with Crippen LogP contribution in [0.15, 0.2) is 23.0 Å². The molecule has 0 N–H and O–H groups in total. The van der Waals surface area contributed by atoms with Crippen LogP contribution in [0, 0.1) is 6.92 Å². The molecule has 1 aromatic carbocycles. The van der Waals surface area contributed by atoms with Crippen molar-refractivity contribution in [3.05, 3.63) is 38.9 Å². The van der Waals surface area contributed by atoms with Crippen LogP contribution in [0.1, 0.15) is 43.7 Å². The Labute approximate surface area is 161 Å². The fourth-order valence-corrected chi connectivity index (χ4v) is 3.99. The summed E-state index contributed by atoms with van der Waals surface area (Å²) in [5.41, 5.74) is 0.172. The fraction of sp³-hybridized carbons (Fsp3) is 0.550. The second kappa shape index (κ2) is 10.1. The van der Waals surface area contributed by atoms with Gasteiger partial charge in [-0.1, -0.05) is 23.8 Å². The van der Waals surface area contributed by atoms with Crippen molar-refractivity contribution >= 4 is 21.4 Å². The topological polar surface area (TPSA) is 35.5 Å². The highest BCUT2D eigenvalue weighted by Gasteiger charge is 2.30. The number of unbranched alkanes of at least 4 members (excludes halogenated alkanes) is 3.